The predicted octanol–water partition coefficient (Wildman–Crippen LogP) is 2.00. The van der Waals surface area contributed by atoms with E-state index in [0.29, 0.717) is 11.1 Å². The van der Waals surface area contributed by atoms with Crippen molar-refractivity contribution in [1.82, 2.24) is 19.5 Å². The van der Waals surface area contributed by atoms with Gasteiger partial charge in [0.25, 0.3) is 0 Å². The standard InChI is InChI=1S/C17H23N5O/c1-20-7-3-2-4-17(20)5-8-21(9-6-17)15-10-14(12-23)11-22-16(15)18-13-19-22/h10-13H,2-9H2,1H3. The summed E-state index contributed by atoms with van der Waals surface area (Å²) in [5, 5.41) is 4.19. The van der Waals surface area contributed by atoms with Crippen LogP contribution in [0.15, 0.2) is 18.6 Å². The highest BCUT2D eigenvalue weighted by molar-refractivity contribution is 5.81. The molecule has 0 radical (unpaired) electrons. The number of hydrogen-bond acceptors (Lipinski definition) is 5. The first-order valence-corrected chi connectivity index (χ1v) is 8.47. The second-order valence-electron chi connectivity index (χ2n) is 6.89. The number of anilines is 1. The monoisotopic (exact) mass is 313 g/mol. The summed E-state index contributed by atoms with van der Waals surface area (Å²) in [6, 6.07) is 1.94. The third-order valence-corrected chi connectivity index (χ3v) is 5.74. The summed E-state index contributed by atoms with van der Waals surface area (Å²) >= 11 is 0. The van der Waals surface area contributed by atoms with Gasteiger partial charge in [-0.3, -0.25) is 4.79 Å². The van der Waals surface area contributed by atoms with Gasteiger partial charge in [-0.2, -0.15) is 5.10 Å². The Morgan fingerprint density at radius 3 is 2.74 bits per heavy atom. The molecule has 4 heterocycles. The van der Waals surface area contributed by atoms with E-state index >= 15 is 0 Å². The minimum atomic E-state index is 0.376. The first kappa shape index (κ1) is 14.6. The number of hydrogen-bond donors (Lipinski definition) is 0. The van der Waals surface area contributed by atoms with E-state index in [1.165, 1.54) is 38.6 Å². The minimum Gasteiger partial charge on any atom is -0.368 e. The van der Waals surface area contributed by atoms with E-state index in [2.05, 4.69) is 26.9 Å². The van der Waals surface area contributed by atoms with Crippen LogP contribution in [0.3, 0.4) is 0 Å². The molecule has 0 aliphatic carbocycles. The lowest BCUT2D eigenvalue weighted by Gasteiger charge is -2.50. The third-order valence-electron chi connectivity index (χ3n) is 5.74. The van der Waals surface area contributed by atoms with Crippen molar-refractivity contribution in [3.63, 3.8) is 0 Å². The molecule has 6 heteroatoms. The zero-order valence-corrected chi connectivity index (χ0v) is 13.6. The van der Waals surface area contributed by atoms with Crippen LogP contribution in [0.4, 0.5) is 5.69 Å². The number of aldehydes is 1. The van der Waals surface area contributed by atoms with Crippen molar-refractivity contribution < 1.29 is 4.79 Å². The normalized spacial score (nSPS) is 21.9. The molecule has 4 rings (SSSR count). The van der Waals surface area contributed by atoms with Crippen LogP contribution in [0.2, 0.25) is 0 Å². The van der Waals surface area contributed by atoms with Crippen LogP contribution in [0.5, 0.6) is 0 Å². The highest BCUT2D eigenvalue weighted by Gasteiger charge is 2.39. The predicted molar refractivity (Wildman–Crippen MR) is 89.0 cm³/mol. The van der Waals surface area contributed by atoms with Crippen molar-refractivity contribution in [2.24, 2.45) is 0 Å². The highest BCUT2D eigenvalue weighted by atomic mass is 16.1. The van der Waals surface area contributed by atoms with E-state index in [1.54, 1.807) is 17.0 Å². The lowest BCUT2D eigenvalue weighted by Crippen LogP contribution is -2.56. The van der Waals surface area contributed by atoms with Crippen LogP contribution in [0.25, 0.3) is 5.65 Å². The molecule has 0 atom stereocenters. The van der Waals surface area contributed by atoms with Crippen molar-refractivity contribution in [2.75, 3.05) is 31.6 Å². The maximum absolute atomic E-state index is 11.2. The maximum Gasteiger partial charge on any atom is 0.178 e. The Morgan fingerprint density at radius 1 is 1.17 bits per heavy atom. The van der Waals surface area contributed by atoms with Gasteiger partial charge in [0.1, 0.15) is 6.33 Å². The maximum atomic E-state index is 11.2. The summed E-state index contributed by atoms with van der Waals surface area (Å²) < 4.78 is 1.70. The number of fused-ring (bicyclic) bond motifs is 1. The molecule has 2 fully saturated rings. The van der Waals surface area contributed by atoms with Gasteiger partial charge < -0.3 is 9.80 Å². The molecule has 2 aromatic rings. The van der Waals surface area contributed by atoms with E-state index in [1.807, 2.05) is 6.07 Å². The van der Waals surface area contributed by atoms with Crippen molar-refractivity contribution in [2.45, 2.75) is 37.6 Å². The largest absolute Gasteiger partial charge is 0.368 e. The second-order valence-corrected chi connectivity index (χ2v) is 6.89. The number of piperidine rings is 2. The van der Waals surface area contributed by atoms with Gasteiger partial charge in [0.15, 0.2) is 11.9 Å². The van der Waals surface area contributed by atoms with Crippen molar-refractivity contribution in [3.8, 4) is 0 Å². The molecule has 1 spiro atoms. The highest BCUT2D eigenvalue weighted by Crippen LogP contribution is 2.38. The molecule has 0 amide bonds. The van der Waals surface area contributed by atoms with Crippen LogP contribution in [0.1, 0.15) is 42.5 Å². The van der Waals surface area contributed by atoms with E-state index < -0.39 is 0 Å². The number of pyridine rings is 1. The van der Waals surface area contributed by atoms with Crippen LogP contribution in [0, 0.1) is 0 Å². The quantitative estimate of drug-likeness (QED) is 0.794. The molecule has 0 saturated carbocycles. The van der Waals surface area contributed by atoms with Crippen molar-refractivity contribution in [1.29, 1.82) is 0 Å². The number of likely N-dealkylation sites (tertiary alicyclic amines) is 1. The molecule has 6 nitrogen and oxygen atoms in total. The molecule has 2 saturated heterocycles. The Labute approximate surface area is 136 Å². The molecule has 2 aliphatic heterocycles. The smallest absolute Gasteiger partial charge is 0.178 e. The van der Waals surface area contributed by atoms with E-state index in [9.17, 15) is 4.79 Å². The van der Waals surface area contributed by atoms with Gasteiger partial charge in [-0.1, -0.05) is 6.42 Å². The molecular formula is C17H23N5O. The number of rotatable bonds is 2. The van der Waals surface area contributed by atoms with Crippen LogP contribution < -0.4 is 4.90 Å². The van der Waals surface area contributed by atoms with Gasteiger partial charge in [-0.25, -0.2) is 9.50 Å². The number of nitrogens with zero attached hydrogens (tertiary/aromatic N) is 5. The van der Waals surface area contributed by atoms with Crippen molar-refractivity contribution >= 4 is 17.6 Å². The summed E-state index contributed by atoms with van der Waals surface area (Å²) in [5.74, 6) is 0. The molecular weight excluding hydrogens is 290 g/mol. The third kappa shape index (κ3) is 2.41. The fourth-order valence-corrected chi connectivity index (χ4v) is 4.25. The Bertz CT molecular complexity index is 717. The zero-order valence-electron chi connectivity index (χ0n) is 13.6. The van der Waals surface area contributed by atoms with Crippen LogP contribution in [-0.4, -0.2) is 58.0 Å². The van der Waals surface area contributed by atoms with E-state index in [0.717, 1.165) is 30.7 Å². The topological polar surface area (TPSA) is 53.7 Å². The van der Waals surface area contributed by atoms with Gasteiger partial charge in [0.05, 0.1) is 5.69 Å². The Hall–Kier alpha value is -1.95. The van der Waals surface area contributed by atoms with Gasteiger partial charge in [-0.05, 0) is 45.3 Å². The fourth-order valence-electron chi connectivity index (χ4n) is 4.25. The lowest BCUT2D eigenvalue weighted by molar-refractivity contribution is 0.0496. The SMILES string of the molecule is CN1CCCCC12CCN(c1cc(C=O)cn3ncnc13)CC2. The molecule has 0 N–H and O–H groups in total. The summed E-state index contributed by atoms with van der Waals surface area (Å²) in [4.78, 5) is 20.5. The molecule has 2 aromatic heterocycles. The fraction of sp³-hybridized carbons (Fsp3) is 0.588. The van der Waals surface area contributed by atoms with Crippen LogP contribution >= 0.6 is 0 Å². The molecule has 23 heavy (non-hydrogen) atoms. The van der Waals surface area contributed by atoms with E-state index in [-0.39, 0.29) is 0 Å². The number of carbonyl (C=O) groups excluding carboxylic acids is 1. The van der Waals surface area contributed by atoms with Gasteiger partial charge in [0, 0.05) is 30.4 Å². The number of aromatic nitrogens is 3. The average molecular weight is 313 g/mol. The molecule has 2 aliphatic rings. The zero-order chi connectivity index (χ0) is 15.9. The van der Waals surface area contributed by atoms with Gasteiger partial charge >= 0.3 is 0 Å². The molecule has 0 bridgehead atoms. The Morgan fingerprint density at radius 2 is 2.00 bits per heavy atom. The van der Waals surface area contributed by atoms with Crippen LogP contribution in [-0.2, 0) is 0 Å². The number of carbonyl (C=O) groups is 1. The summed E-state index contributed by atoms with van der Waals surface area (Å²) in [6.45, 7) is 3.24. The Balaban J connectivity index is 1.61. The van der Waals surface area contributed by atoms with E-state index in [4.69, 9.17) is 0 Å². The lowest BCUT2D eigenvalue weighted by atomic mass is 9.79. The minimum absolute atomic E-state index is 0.376. The summed E-state index contributed by atoms with van der Waals surface area (Å²) in [6.07, 6.45) is 10.5. The average Bonchev–Trinajstić information content (AvgIpc) is 3.06. The second kappa shape index (κ2) is 5.60. The van der Waals surface area contributed by atoms with Crippen molar-refractivity contribution in [3.05, 3.63) is 24.2 Å². The summed E-state index contributed by atoms with van der Waals surface area (Å²) in [7, 11) is 2.28. The first-order chi connectivity index (χ1) is 11.2. The molecule has 0 unspecified atom stereocenters. The molecule has 122 valence electrons. The first-order valence-electron chi connectivity index (χ1n) is 8.47. The Kier molecular flexibility index (Phi) is 3.56. The van der Waals surface area contributed by atoms with Gasteiger partial charge in [-0.15, -0.1) is 0 Å². The summed E-state index contributed by atoms with van der Waals surface area (Å²) in [5.41, 5.74) is 2.89. The van der Waals surface area contributed by atoms with Gasteiger partial charge in [0.2, 0.25) is 0 Å². The molecule has 0 aromatic carbocycles.